The van der Waals surface area contributed by atoms with Crippen molar-refractivity contribution in [1.82, 2.24) is 0 Å². The molecule has 1 saturated heterocycles. The van der Waals surface area contributed by atoms with E-state index in [0.717, 1.165) is 6.42 Å². The highest BCUT2D eigenvalue weighted by Crippen LogP contribution is 2.28. The predicted octanol–water partition coefficient (Wildman–Crippen LogP) is 2.78. The molecule has 112 valence electrons. The summed E-state index contributed by atoms with van der Waals surface area (Å²) in [6.45, 7) is 4.37. The minimum Gasteiger partial charge on any atom is -0.353 e. The second kappa shape index (κ2) is 6.70. The summed E-state index contributed by atoms with van der Waals surface area (Å²) in [7, 11) is -3.32. The molecule has 0 amide bonds. The van der Waals surface area contributed by atoms with E-state index >= 15 is 0 Å². The van der Waals surface area contributed by atoms with Crippen LogP contribution in [0.25, 0.3) is 0 Å². The van der Waals surface area contributed by atoms with Crippen molar-refractivity contribution in [2.24, 2.45) is 0 Å². The maximum absolute atomic E-state index is 12.7. The maximum Gasteiger partial charge on any atom is 0.181 e. The molecular formula is C15H22O4S. The van der Waals surface area contributed by atoms with Gasteiger partial charge < -0.3 is 9.47 Å². The number of hydrogen-bond acceptors (Lipinski definition) is 4. The highest BCUT2D eigenvalue weighted by molar-refractivity contribution is 7.92. The quantitative estimate of drug-likeness (QED) is 0.857. The van der Waals surface area contributed by atoms with E-state index in [1.165, 1.54) is 0 Å². The van der Waals surface area contributed by atoms with E-state index in [0.29, 0.717) is 24.3 Å². The van der Waals surface area contributed by atoms with Crippen LogP contribution in [0.5, 0.6) is 0 Å². The molecule has 1 heterocycles. The summed E-state index contributed by atoms with van der Waals surface area (Å²) in [5.74, 6) is 0. The molecule has 0 N–H and O–H groups in total. The lowest BCUT2D eigenvalue weighted by Gasteiger charge is -2.21. The second-order valence-corrected chi connectivity index (χ2v) is 7.35. The standard InChI is InChI=1S/C15H22O4S/c1-3-18-15-11-14(10-9-12(2)19-15)20(16,17)13-7-5-4-6-8-13/h4-8,12,14-15H,3,9-11H2,1-2H3/t12-,14+,15-/m1/s1. The fourth-order valence-corrected chi connectivity index (χ4v) is 4.29. The number of ether oxygens (including phenoxy) is 2. The minimum absolute atomic E-state index is 0.0301. The van der Waals surface area contributed by atoms with E-state index in [-0.39, 0.29) is 6.10 Å². The highest BCUT2D eigenvalue weighted by Gasteiger charge is 2.34. The molecular weight excluding hydrogens is 276 g/mol. The molecule has 0 spiro atoms. The Bertz CT molecular complexity index is 512. The molecule has 1 aromatic carbocycles. The van der Waals surface area contributed by atoms with Crippen molar-refractivity contribution in [2.45, 2.75) is 55.6 Å². The van der Waals surface area contributed by atoms with Crippen molar-refractivity contribution in [3.63, 3.8) is 0 Å². The summed E-state index contributed by atoms with van der Waals surface area (Å²) >= 11 is 0. The molecule has 0 aromatic heterocycles. The molecule has 0 saturated carbocycles. The molecule has 1 fully saturated rings. The normalized spacial score (nSPS) is 28.0. The lowest BCUT2D eigenvalue weighted by atomic mass is 10.1. The molecule has 3 atom stereocenters. The van der Waals surface area contributed by atoms with Gasteiger partial charge >= 0.3 is 0 Å². The van der Waals surface area contributed by atoms with Gasteiger partial charge in [0.15, 0.2) is 16.1 Å². The fraction of sp³-hybridized carbons (Fsp3) is 0.600. The number of rotatable bonds is 4. The minimum atomic E-state index is -3.32. The Kier molecular flexibility index (Phi) is 5.18. The Morgan fingerprint density at radius 2 is 1.95 bits per heavy atom. The average Bonchev–Trinajstić information content (AvgIpc) is 2.62. The Morgan fingerprint density at radius 3 is 2.60 bits per heavy atom. The van der Waals surface area contributed by atoms with Crippen molar-refractivity contribution in [2.75, 3.05) is 6.61 Å². The summed E-state index contributed by atoms with van der Waals surface area (Å²) < 4.78 is 36.6. The van der Waals surface area contributed by atoms with Crippen molar-refractivity contribution in [1.29, 1.82) is 0 Å². The first-order valence-electron chi connectivity index (χ1n) is 7.10. The van der Waals surface area contributed by atoms with E-state index in [1.807, 2.05) is 19.9 Å². The van der Waals surface area contributed by atoms with Gasteiger partial charge in [-0.1, -0.05) is 18.2 Å². The first kappa shape index (κ1) is 15.5. The molecule has 1 aliphatic rings. The van der Waals surface area contributed by atoms with Crippen molar-refractivity contribution < 1.29 is 17.9 Å². The molecule has 1 aromatic rings. The smallest absolute Gasteiger partial charge is 0.181 e. The van der Waals surface area contributed by atoms with Gasteiger partial charge in [0.05, 0.1) is 16.2 Å². The molecule has 0 aliphatic carbocycles. The zero-order valence-electron chi connectivity index (χ0n) is 12.0. The van der Waals surface area contributed by atoms with Gasteiger partial charge in [0.2, 0.25) is 0 Å². The van der Waals surface area contributed by atoms with Gasteiger partial charge in [0.25, 0.3) is 0 Å². The molecule has 4 nitrogen and oxygen atoms in total. The third-order valence-electron chi connectivity index (χ3n) is 3.60. The lowest BCUT2D eigenvalue weighted by Crippen LogP contribution is -2.27. The van der Waals surface area contributed by atoms with Gasteiger partial charge in [0, 0.05) is 13.0 Å². The van der Waals surface area contributed by atoms with E-state index in [4.69, 9.17) is 9.47 Å². The van der Waals surface area contributed by atoms with Crippen molar-refractivity contribution >= 4 is 9.84 Å². The fourth-order valence-electron chi connectivity index (χ4n) is 2.51. The van der Waals surface area contributed by atoms with Crippen molar-refractivity contribution in [3.05, 3.63) is 30.3 Å². The molecule has 20 heavy (non-hydrogen) atoms. The van der Waals surface area contributed by atoms with Crippen LogP contribution in [0.1, 0.15) is 33.1 Å². The SMILES string of the molecule is CCO[C@H]1C[C@@H](S(=O)(=O)c2ccccc2)CC[C@@H](C)O1. The molecule has 1 aliphatic heterocycles. The highest BCUT2D eigenvalue weighted by atomic mass is 32.2. The third kappa shape index (κ3) is 3.59. The van der Waals surface area contributed by atoms with E-state index in [2.05, 4.69) is 0 Å². The van der Waals surface area contributed by atoms with Crippen LogP contribution in [0, 0.1) is 0 Å². The summed E-state index contributed by atoms with van der Waals surface area (Å²) in [5, 5.41) is -0.439. The van der Waals surface area contributed by atoms with Gasteiger partial charge in [-0.15, -0.1) is 0 Å². The Balaban J connectivity index is 2.22. The van der Waals surface area contributed by atoms with E-state index in [1.54, 1.807) is 24.3 Å². The van der Waals surface area contributed by atoms with Gasteiger partial charge in [-0.25, -0.2) is 8.42 Å². The van der Waals surface area contributed by atoms with Crippen LogP contribution in [0.3, 0.4) is 0 Å². The van der Waals surface area contributed by atoms with Gasteiger partial charge in [0.1, 0.15) is 0 Å². The van der Waals surface area contributed by atoms with Crippen LogP contribution in [0.15, 0.2) is 35.2 Å². The zero-order chi connectivity index (χ0) is 14.6. The van der Waals surface area contributed by atoms with Crippen LogP contribution in [0.2, 0.25) is 0 Å². The summed E-state index contributed by atoms with van der Waals surface area (Å²) in [5.41, 5.74) is 0. The third-order valence-corrected chi connectivity index (χ3v) is 5.83. The van der Waals surface area contributed by atoms with E-state index < -0.39 is 21.4 Å². The van der Waals surface area contributed by atoms with Crippen LogP contribution in [-0.4, -0.2) is 32.7 Å². The molecule has 0 unspecified atom stereocenters. The van der Waals surface area contributed by atoms with Crippen molar-refractivity contribution in [3.8, 4) is 0 Å². The molecule has 2 rings (SSSR count). The van der Waals surface area contributed by atoms with Gasteiger partial charge in [-0.05, 0) is 38.8 Å². The second-order valence-electron chi connectivity index (χ2n) is 5.12. The summed E-state index contributed by atoms with van der Waals surface area (Å²) in [6, 6.07) is 8.63. The maximum atomic E-state index is 12.7. The van der Waals surface area contributed by atoms with Crippen LogP contribution in [-0.2, 0) is 19.3 Å². The molecule has 5 heteroatoms. The average molecular weight is 298 g/mol. The van der Waals surface area contributed by atoms with Gasteiger partial charge in [-0.2, -0.15) is 0 Å². The predicted molar refractivity (Wildman–Crippen MR) is 77.2 cm³/mol. The lowest BCUT2D eigenvalue weighted by molar-refractivity contribution is -0.160. The monoisotopic (exact) mass is 298 g/mol. The Hall–Kier alpha value is -0.910. The zero-order valence-corrected chi connectivity index (χ0v) is 12.8. The van der Waals surface area contributed by atoms with Crippen LogP contribution < -0.4 is 0 Å². The largest absolute Gasteiger partial charge is 0.353 e. The van der Waals surface area contributed by atoms with Crippen LogP contribution >= 0.6 is 0 Å². The Morgan fingerprint density at radius 1 is 1.25 bits per heavy atom. The first-order valence-corrected chi connectivity index (χ1v) is 8.64. The summed E-state index contributed by atoms with van der Waals surface area (Å²) in [6.07, 6.45) is 1.35. The first-order chi connectivity index (χ1) is 9.54. The van der Waals surface area contributed by atoms with E-state index in [9.17, 15) is 8.42 Å². The van der Waals surface area contributed by atoms with Gasteiger partial charge in [-0.3, -0.25) is 0 Å². The van der Waals surface area contributed by atoms with Crippen LogP contribution in [0.4, 0.5) is 0 Å². The number of benzene rings is 1. The molecule has 0 bridgehead atoms. The number of hydrogen-bond donors (Lipinski definition) is 0. The number of sulfone groups is 1. The topological polar surface area (TPSA) is 52.6 Å². The summed E-state index contributed by atoms with van der Waals surface area (Å²) in [4.78, 5) is 0.384. The Labute approximate surface area is 121 Å². The molecule has 0 radical (unpaired) electrons.